The normalized spacial score (nSPS) is 32.8. The van der Waals surface area contributed by atoms with E-state index in [1.165, 1.54) is 12.1 Å². The maximum absolute atomic E-state index is 13.4. The van der Waals surface area contributed by atoms with Gasteiger partial charge in [-0.3, -0.25) is 14.4 Å². The molecule has 4 fully saturated rings. The molecule has 7 nitrogen and oxygen atoms in total. The van der Waals surface area contributed by atoms with Crippen molar-refractivity contribution in [3.63, 3.8) is 0 Å². The molecule has 4 aliphatic rings. The summed E-state index contributed by atoms with van der Waals surface area (Å²) in [5.74, 6) is -0.672. The Labute approximate surface area is 167 Å². The monoisotopic (exact) mass is 411 g/mol. The fraction of sp³-hybridized carbons (Fsp3) is 0.579. The van der Waals surface area contributed by atoms with Crippen LogP contribution in [-0.4, -0.2) is 41.6 Å². The number of hydrogen-bond donors (Lipinski definition) is 3. The molecule has 0 spiro atoms. The molecule has 2 amide bonds. The van der Waals surface area contributed by atoms with Crippen molar-refractivity contribution in [3.05, 3.63) is 29.0 Å². The second kappa shape index (κ2) is 7.17. The molecule has 152 valence electrons. The number of hydrogen-bond acceptors (Lipinski definition) is 5. The van der Waals surface area contributed by atoms with Gasteiger partial charge in [-0.05, 0) is 37.8 Å². The van der Waals surface area contributed by atoms with Crippen LogP contribution < -0.4 is 20.9 Å². The Kier molecular flexibility index (Phi) is 4.97. The van der Waals surface area contributed by atoms with E-state index in [2.05, 4.69) is 16.1 Å². The van der Waals surface area contributed by atoms with Gasteiger partial charge in [0.05, 0.1) is 11.1 Å². The topological polar surface area (TPSA) is 88.7 Å². The fourth-order valence-electron chi connectivity index (χ4n) is 4.40. The van der Waals surface area contributed by atoms with E-state index < -0.39 is 5.82 Å². The molecule has 9 heteroatoms. The predicted molar refractivity (Wildman–Crippen MR) is 99.2 cm³/mol. The molecule has 2 bridgehead atoms. The molecule has 1 aliphatic heterocycles. The van der Waals surface area contributed by atoms with E-state index >= 15 is 0 Å². The molecule has 1 saturated heterocycles. The summed E-state index contributed by atoms with van der Waals surface area (Å²) >= 11 is 5.62. The molecule has 1 heterocycles. The molecule has 28 heavy (non-hydrogen) atoms. The Balaban J connectivity index is 1.19. The molecular weight excluding hydrogens is 389 g/mol. The van der Waals surface area contributed by atoms with Crippen LogP contribution in [0.25, 0.3) is 0 Å². The lowest BCUT2D eigenvalue weighted by atomic mass is 9.44. The summed E-state index contributed by atoms with van der Waals surface area (Å²) in [6.45, 7) is 1.82. The summed E-state index contributed by atoms with van der Waals surface area (Å²) in [4.78, 5) is 29.9. The molecule has 2 unspecified atom stereocenters. The van der Waals surface area contributed by atoms with Crippen LogP contribution in [0.4, 0.5) is 4.39 Å². The van der Waals surface area contributed by atoms with Crippen molar-refractivity contribution in [3.8, 4) is 5.75 Å². The van der Waals surface area contributed by atoms with Crippen LogP contribution in [0.1, 0.15) is 39.0 Å². The number of hydroxylamine groups is 1. The highest BCUT2D eigenvalue weighted by Gasteiger charge is 2.69. The van der Waals surface area contributed by atoms with Crippen molar-refractivity contribution >= 4 is 23.4 Å². The first kappa shape index (κ1) is 19.4. The van der Waals surface area contributed by atoms with Crippen LogP contribution in [0, 0.1) is 5.82 Å². The third-order valence-electron chi connectivity index (χ3n) is 5.73. The van der Waals surface area contributed by atoms with Gasteiger partial charge in [0.2, 0.25) is 5.91 Å². The molecule has 1 aromatic carbocycles. The van der Waals surface area contributed by atoms with Gasteiger partial charge in [-0.2, -0.15) is 5.48 Å². The molecule has 0 aromatic heterocycles. The van der Waals surface area contributed by atoms with Crippen LogP contribution in [0.15, 0.2) is 18.2 Å². The van der Waals surface area contributed by atoms with Gasteiger partial charge < -0.3 is 15.4 Å². The van der Waals surface area contributed by atoms with E-state index in [0.29, 0.717) is 25.7 Å². The SMILES string of the molecule is CCC1CC(C(=O)NC23CC(NC(=O)COc4ccc(Cl)c(F)c4)(C2)C3)NO1. The fourth-order valence-corrected chi connectivity index (χ4v) is 4.51. The molecule has 5 rings (SSSR count). The smallest absolute Gasteiger partial charge is 0.258 e. The Hall–Kier alpha value is -1.90. The largest absolute Gasteiger partial charge is 0.484 e. The zero-order valence-electron chi connectivity index (χ0n) is 15.5. The van der Waals surface area contributed by atoms with E-state index in [0.717, 1.165) is 12.5 Å². The average Bonchev–Trinajstić information content (AvgIpc) is 3.09. The van der Waals surface area contributed by atoms with E-state index in [9.17, 15) is 14.0 Å². The van der Waals surface area contributed by atoms with Gasteiger partial charge in [-0.15, -0.1) is 0 Å². The Morgan fingerprint density at radius 3 is 2.68 bits per heavy atom. The first-order chi connectivity index (χ1) is 13.3. The van der Waals surface area contributed by atoms with Gasteiger partial charge in [0.15, 0.2) is 6.61 Å². The summed E-state index contributed by atoms with van der Waals surface area (Å²) in [5.41, 5.74) is 2.29. The van der Waals surface area contributed by atoms with Gasteiger partial charge in [-0.1, -0.05) is 18.5 Å². The molecule has 3 saturated carbocycles. The first-order valence-corrected chi connectivity index (χ1v) is 9.82. The lowest BCUT2D eigenvalue weighted by molar-refractivity contribution is -0.151. The minimum Gasteiger partial charge on any atom is -0.484 e. The van der Waals surface area contributed by atoms with E-state index in [-0.39, 0.29) is 52.4 Å². The van der Waals surface area contributed by atoms with Gasteiger partial charge >= 0.3 is 0 Å². The average molecular weight is 412 g/mol. The van der Waals surface area contributed by atoms with Gasteiger partial charge in [0.25, 0.3) is 5.91 Å². The van der Waals surface area contributed by atoms with Crippen molar-refractivity contribution in [2.45, 2.75) is 62.3 Å². The van der Waals surface area contributed by atoms with E-state index in [4.69, 9.17) is 21.2 Å². The van der Waals surface area contributed by atoms with Crippen LogP contribution in [-0.2, 0) is 14.4 Å². The Morgan fingerprint density at radius 2 is 2.04 bits per heavy atom. The standard InChI is InChI=1S/C19H23ClFN3O4/c1-2-11-6-15(24-28-11)17(26)23-19-8-18(9-19,10-19)22-16(25)7-27-12-3-4-13(20)14(21)5-12/h3-5,11,15,24H,2,6-10H2,1H3,(H,22,25)(H,23,26). The number of nitrogens with one attached hydrogen (secondary N) is 3. The van der Waals surface area contributed by atoms with Crippen molar-refractivity contribution in [1.29, 1.82) is 0 Å². The summed E-state index contributed by atoms with van der Waals surface area (Å²) in [7, 11) is 0. The lowest BCUT2D eigenvalue weighted by Crippen LogP contribution is -2.84. The van der Waals surface area contributed by atoms with Gasteiger partial charge in [0, 0.05) is 23.6 Å². The van der Waals surface area contributed by atoms with E-state index in [1.54, 1.807) is 0 Å². The minimum atomic E-state index is -0.593. The van der Waals surface area contributed by atoms with Crippen LogP contribution >= 0.6 is 11.6 Å². The maximum Gasteiger partial charge on any atom is 0.258 e. The summed E-state index contributed by atoms with van der Waals surface area (Å²) < 4.78 is 18.7. The number of carbonyl (C=O) groups is 2. The number of benzene rings is 1. The number of carbonyl (C=O) groups excluding carboxylic acids is 2. The maximum atomic E-state index is 13.4. The number of halogens is 2. The second-order valence-corrected chi connectivity index (χ2v) is 8.45. The third kappa shape index (κ3) is 3.68. The molecule has 0 radical (unpaired) electrons. The summed E-state index contributed by atoms with van der Waals surface area (Å²) in [6, 6.07) is 3.71. The molecule has 1 aromatic rings. The van der Waals surface area contributed by atoms with Crippen molar-refractivity contribution < 1.29 is 23.6 Å². The highest BCUT2D eigenvalue weighted by Crippen LogP contribution is 2.60. The zero-order valence-corrected chi connectivity index (χ0v) is 16.3. The molecule has 3 N–H and O–H groups in total. The second-order valence-electron chi connectivity index (χ2n) is 8.05. The number of rotatable bonds is 7. The lowest BCUT2D eigenvalue weighted by Gasteiger charge is -2.70. The summed E-state index contributed by atoms with van der Waals surface area (Å²) in [6.07, 6.45) is 3.72. The highest BCUT2D eigenvalue weighted by atomic mass is 35.5. The van der Waals surface area contributed by atoms with Crippen molar-refractivity contribution in [1.82, 2.24) is 16.1 Å². The van der Waals surface area contributed by atoms with Crippen LogP contribution in [0.3, 0.4) is 0 Å². The number of amides is 2. The highest BCUT2D eigenvalue weighted by molar-refractivity contribution is 6.30. The molecule has 2 atom stereocenters. The Morgan fingerprint density at radius 1 is 1.32 bits per heavy atom. The van der Waals surface area contributed by atoms with Crippen molar-refractivity contribution in [2.24, 2.45) is 0 Å². The molecular formula is C19H23ClFN3O4. The van der Waals surface area contributed by atoms with E-state index in [1.807, 2.05) is 6.92 Å². The minimum absolute atomic E-state index is 0.00240. The summed E-state index contributed by atoms with van der Waals surface area (Å²) in [5, 5.41) is 6.06. The van der Waals surface area contributed by atoms with Crippen LogP contribution in [0.2, 0.25) is 5.02 Å². The predicted octanol–water partition coefficient (Wildman–Crippen LogP) is 1.84. The molecule has 3 aliphatic carbocycles. The third-order valence-corrected chi connectivity index (χ3v) is 6.04. The van der Waals surface area contributed by atoms with Gasteiger partial charge in [-0.25, -0.2) is 4.39 Å². The first-order valence-electron chi connectivity index (χ1n) is 9.44. The quantitative estimate of drug-likeness (QED) is 0.637. The zero-order chi connectivity index (χ0) is 19.9. The van der Waals surface area contributed by atoms with Gasteiger partial charge in [0.1, 0.15) is 17.6 Å². The van der Waals surface area contributed by atoms with Crippen molar-refractivity contribution in [2.75, 3.05) is 6.61 Å². The number of ether oxygens (including phenoxy) is 1. The van der Waals surface area contributed by atoms with Crippen LogP contribution in [0.5, 0.6) is 5.75 Å². The Bertz CT molecular complexity index is 786.